The number of benzene rings is 1. The fourth-order valence-corrected chi connectivity index (χ4v) is 1.45. The molecule has 0 radical (unpaired) electrons. The second-order valence-corrected chi connectivity index (χ2v) is 9.08. The second kappa shape index (κ2) is 6.11. The van der Waals surface area contributed by atoms with Crippen molar-refractivity contribution in [1.29, 1.82) is 0 Å². The van der Waals surface area contributed by atoms with Crippen LogP contribution in [0.1, 0.15) is 80.4 Å². The predicted molar refractivity (Wildman–Crippen MR) is 89.0 cm³/mol. The van der Waals surface area contributed by atoms with Crippen molar-refractivity contribution >= 4 is 0 Å². The standard InChI is InChI=1S/C14H22.C5H12/c1-13(2,3)11-8-7-9-12(10-11)14(4,5)6;1-5(2,3)4/h7-10H,1-6H3;1-4H3. The third-order valence-corrected chi connectivity index (χ3v) is 2.59. The molecule has 0 saturated heterocycles. The van der Waals surface area contributed by atoms with Gasteiger partial charge in [-0.25, -0.2) is 0 Å². The molecule has 0 aliphatic rings. The molecule has 0 unspecified atom stereocenters. The summed E-state index contributed by atoms with van der Waals surface area (Å²) >= 11 is 0. The highest BCUT2D eigenvalue weighted by Gasteiger charge is 2.18. The summed E-state index contributed by atoms with van der Waals surface area (Å²) in [6.45, 7) is 22.3. The van der Waals surface area contributed by atoms with E-state index >= 15 is 0 Å². The van der Waals surface area contributed by atoms with Gasteiger partial charge in [0.15, 0.2) is 0 Å². The molecule has 0 atom stereocenters. The van der Waals surface area contributed by atoms with Crippen LogP contribution in [-0.2, 0) is 10.8 Å². The van der Waals surface area contributed by atoms with Gasteiger partial charge >= 0.3 is 0 Å². The molecule has 0 aliphatic heterocycles. The molecule has 0 spiro atoms. The highest BCUT2D eigenvalue weighted by molar-refractivity contribution is 5.32. The Bertz CT molecular complexity index is 342. The first kappa shape index (κ1) is 18.2. The van der Waals surface area contributed by atoms with Crippen molar-refractivity contribution < 1.29 is 0 Å². The van der Waals surface area contributed by atoms with Gasteiger partial charge < -0.3 is 0 Å². The van der Waals surface area contributed by atoms with Gasteiger partial charge in [-0.05, 0) is 27.4 Å². The van der Waals surface area contributed by atoms with E-state index in [1.54, 1.807) is 0 Å². The molecule has 0 bridgehead atoms. The Morgan fingerprint density at radius 2 is 0.842 bits per heavy atom. The van der Waals surface area contributed by atoms with Gasteiger partial charge in [0.05, 0.1) is 0 Å². The van der Waals surface area contributed by atoms with Crippen molar-refractivity contribution in [2.24, 2.45) is 5.41 Å². The SMILES string of the molecule is CC(C)(C)C.CC(C)(C)c1cccc(C(C)(C)C)c1. The lowest BCUT2D eigenvalue weighted by molar-refractivity contribution is 0.469. The third-order valence-electron chi connectivity index (χ3n) is 2.59. The summed E-state index contributed by atoms with van der Waals surface area (Å²) in [4.78, 5) is 0. The zero-order valence-corrected chi connectivity index (χ0v) is 14.8. The monoisotopic (exact) mass is 262 g/mol. The second-order valence-electron chi connectivity index (χ2n) is 9.08. The van der Waals surface area contributed by atoms with Crippen LogP contribution in [-0.4, -0.2) is 0 Å². The van der Waals surface area contributed by atoms with Crippen LogP contribution in [0.15, 0.2) is 24.3 Å². The minimum Gasteiger partial charge on any atom is -0.0617 e. The first-order chi connectivity index (χ1) is 8.21. The van der Waals surface area contributed by atoms with E-state index < -0.39 is 0 Å². The Hall–Kier alpha value is -0.780. The van der Waals surface area contributed by atoms with Gasteiger partial charge in [-0.2, -0.15) is 0 Å². The predicted octanol–water partition coefficient (Wildman–Crippen LogP) is 6.33. The minimum absolute atomic E-state index is 0.251. The lowest BCUT2D eigenvalue weighted by Crippen LogP contribution is -2.15. The Morgan fingerprint density at radius 1 is 0.579 bits per heavy atom. The van der Waals surface area contributed by atoms with E-state index in [-0.39, 0.29) is 10.8 Å². The van der Waals surface area contributed by atoms with Gasteiger partial charge in [0, 0.05) is 0 Å². The largest absolute Gasteiger partial charge is 0.0617 e. The molecule has 0 aliphatic carbocycles. The van der Waals surface area contributed by atoms with Gasteiger partial charge in [-0.3, -0.25) is 0 Å². The van der Waals surface area contributed by atoms with Crippen molar-refractivity contribution in [2.75, 3.05) is 0 Å². The molecule has 19 heavy (non-hydrogen) atoms. The van der Waals surface area contributed by atoms with E-state index in [0.717, 1.165) is 0 Å². The van der Waals surface area contributed by atoms with Crippen molar-refractivity contribution in [2.45, 2.75) is 80.1 Å². The summed E-state index contributed by atoms with van der Waals surface area (Å²) in [7, 11) is 0. The zero-order valence-electron chi connectivity index (χ0n) is 14.8. The Kier molecular flexibility index (Phi) is 5.86. The first-order valence-electron chi connectivity index (χ1n) is 7.32. The van der Waals surface area contributed by atoms with E-state index in [1.165, 1.54) is 11.1 Å². The van der Waals surface area contributed by atoms with Crippen LogP contribution in [0.3, 0.4) is 0 Å². The molecular formula is C19H34. The molecular weight excluding hydrogens is 228 g/mol. The van der Waals surface area contributed by atoms with Crippen molar-refractivity contribution in [1.82, 2.24) is 0 Å². The van der Waals surface area contributed by atoms with Crippen molar-refractivity contribution in [3.63, 3.8) is 0 Å². The Morgan fingerprint density at radius 3 is 1.05 bits per heavy atom. The topological polar surface area (TPSA) is 0 Å². The molecule has 0 heteroatoms. The fourth-order valence-electron chi connectivity index (χ4n) is 1.45. The number of hydrogen-bond acceptors (Lipinski definition) is 0. The average molecular weight is 262 g/mol. The smallest absolute Gasteiger partial charge is 0.0132 e. The van der Waals surface area contributed by atoms with Gasteiger partial charge in [-0.15, -0.1) is 0 Å². The highest BCUT2D eigenvalue weighted by Crippen LogP contribution is 2.28. The van der Waals surface area contributed by atoms with E-state index in [1.807, 2.05) is 0 Å². The van der Waals surface area contributed by atoms with E-state index in [2.05, 4.69) is 93.5 Å². The van der Waals surface area contributed by atoms with Crippen LogP contribution in [0.4, 0.5) is 0 Å². The van der Waals surface area contributed by atoms with Crippen LogP contribution >= 0.6 is 0 Å². The van der Waals surface area contributed by atoms with Crippen LogP contribution in [0.5, 0.6) is 0 Å². The molecule has 0 N–H and O–H groups in total. The summed E-state index contributed by atoms with van der Waals surface area (Å²) in [6, 6.07) is 8.94. The maximum Gasteiger partial charge on any atom is -0.0132 e. The normalized spacial score (nSPS) is 12.7. The fraction of sp³-hybridized carbons (Fsp3) is 0.684. The number of rotatable bonds is 0. The van der Waals surface area contributed by atoms with Gasteiger partial charge in [0.2, 0.25) is 0 Å². The molecule has 1 aromatic rings. The molecule has 0 fully saturated rings. The molecule has 110 valence electrons. The number of hydrogen-bond donors (Lipinski definition) is 0. The summed E-state index contributed by atoms with van der Waals surface area (Å²) in [5, 5.41) is 0. The van der Waals surface area contributed by atoms with Crippen LogP contribution in [0.25, 0.3) is 0 Å². The molecule has 0 amide bonds. The van der Waals surface area contributed by atoms with Crippen LogP contribution < -0.4 is 0 Å². The van der Waals surface area contributed by atoms with E-state index in [4.69, 9.17) is 0 Å². The summed E-state index contributed by atoms with van der Waals surface area (Å²) in [5.41, 5.74) is 3.84. The molecule has 1 aromatic carbocycles. The minimum atomic E-state index is 0.251. The van der Waals surface area contributed by atoms with E-state index in [9.17, 15) is 0 Å². The average Bonchev–Trinajstić information content (AvgIpc) is 2.12. The Balaban J connectivity index is 0.000000555. The first-order valence-corrected chi connectivity index (χ1v) is 7.32. The molecule has 0 saturated carbocycles. The molecule has 0 heterocycles. The van der Waals surface area contributed by atoms with E-state index in [0.29, 0.717) is 5.41 Å². The maximum atomic E-state index is 2.33. The van der Waals surface area contributed by atoms with Crippen LogP contribution in [0, 0.1) is 5.41 Å². The molecule has 0 nitrogen and oxygen atoms in total. The third kappa shape index (κ3) is 8.86. The summed E-state index contributed by atoms with van der Waals surface area (Å²) < 4.78 is 0. The van der Waals surface area contributed by atoms with Crippen LogP contribution in [0.2, 0.25) is 0 Å². The van der Waals surface area contributed by atoms with Gasteiger partial charge in [0.1, 0.15) is 0 Å². The Labute approximate surface area is 121 Å². The highest BCUT2D eigenvalue weighted by atomic mass is 14.2. The summed E-state index contributed by atoms with van der Waals surface area (Å²) in [5.74, 6) is 0. The van der Waals surface area contributed by atoms with Gasteiger partial charge in [-0.1, -0.05) is 93.5 Å². The molecule has 1 rings (SSSR count). The lowest BCUT2D eigenvalue weighted by Gasteiger charge is -2.24. The molecule has 0 aromatic heterocycles. The van der Waals surface area contributed by atoms with Crippen molar-refractivity contribution in [3.8, 4) is 0 Å². The zero-order chi connectivity index (χ0) is 15.5. The maximum absolute atomic E-state index is 2.33. The lowest BCUT2D eigenvalue weighted by atomic mass is 9.81. The van der Waals surface area contributed by atoms with Gasteiger partial charge in [0.25, 0.3) is 0 Å². The van der Waals surface area contributed by atoms with Crippen molar-refractivity contribution in [3.05, 3.63) is 35.4 Å². The summed E-state index contributed by atoms with van der Waals surface area (Å²) in [6.07, 6.45) is 0. The quantitative estimate of drug-likeness (QED) is 0.512.